The van der Waals surface area contributed by atoms with E-state index in [9.17, 15) is 8.78 Å². The van der Waals surface area contributed by atoms with Crippen molar-refractivity contribution in [1.82, 2.24) is 4.98 Å². The predicted octanol–water partition coefficient (Wildman–Crippen LogP) is 2.40. The molecule has 0 saturated heterocycles. The third kappa shape index (κ3) is 1.19. The zero-order valence-electron chi connectivity index (χ0n) is 7.51. The molecule has 0 aliphatic rings. The molecule has 0 saturated carbocycles. The van der Waals surface area contributed by atoms with E-state index in [1.54, 1.807) is 0 Å². The zero-order valence-corrected chi connectivity index (χ0v) is 7.51. The Kier molecular flexibility index (Phi) is 1.84. The van der Waals surface area contributed by atoms with Crippen molar-refractivity contribution in [3.63, 3.8) is 0 Å². The Balaban J connectivity index is 2.95. The van der Waals surface area contributed by atoms with Crippen LogP contribution in [-0.4, -0.2) is 4.98 Å². The SMILES string of the molecule is Cc1cc(F)c2ncc(N)cc2c1F. The van der Waals surface area contributed by atoms with Crippen molar-refractivity contribution >= 4 is 16.6 Å². The molecule has 2 aromatic rings. The van der Waals surface area contributed by atoms with E-state index in [0.717, 1.165) is 6.07 Å². The fourth-order valence-corrected chi connectivity index (χ4v) is 1.37. The van der Waals surface area contributed by atoms with Crippen LogP contribution in [-0.2, 0) is 0 Å². The number of rotatable bonds is 0. The van der Waals surface area contributed by atoms with Gasteiger partial charge in [0, 0.05) is 5.39 Å². The average molecular weight is 194 g/mol. The fourth-order valence-electron chi connectivity index (χ4n) is 1.37. The predicted molar refractivity (Wildman–Crippen MR) is 50.8 cm³/mol. The van der Waals surface area contributed by atoms with Gasteiger partial charge >= 0.3 is 0 Å². The lowest BCUT2D eigenvalue weighted by atomic mass is 10.1. The van der Waals surface area contributed by atoms with Gasteiger partial charge in [0.05, 0.1) is 11.9 Å². The van der Waals surface area contributed by atoms with Crippen molar-refractivity contribution in [2.24, 2.45) is 0 Å². The number of aryl methyl sites for hydroxylation is 1. The van der Waals surface area contributed by atoms with Gasteiger partial charge in [-0.15, -0.1) is 0 Å². The van der Waals surface area contributed by atoms with Crippen molar-refractivity contribution in [3.8, 4) is 0 Å². The first-order chi connectivity index (χ1) is 6.59. The molecule has 0 aliphatic heterocycles. The number of nitrogens with zero attached hydrogens (tertiary/aromatic N) is 1. The Morgan fingerprint density at radius 3 is 2.71 bits per heavy atom. The Morgan fingerprint density at radius 1 is 1.29 bits per heavy atom. The first-order valence-electron chi connectivity index (χ1n) is 4.09. The quantitative estimate of drug-likeness (QED) is 0.699. The number of halogens is 2. The summed E-state index contributed by atoms with van der Waals surface area (Å²) in [6.07, 6.45) is 1.31. The molecule has 0 spiro atoms. The molecule has 0 amide bonds. The van der Waals surface area contributed by atoms with E-state index in [1.165, 1.54) is 19.2 Å². The van der Waals surface area contributed by atoms with Gasteiger partial charge in [-0.05, 0) is 24.6 Å². The lowest BCUT2D eigenvalue weighted by molar-refractivity contribution is 0.608. The highest BCUT2D eigenvalue weighted by Gasteiger charge is 2.10. The molecule has 0 unspecified atom stereocenters. The normalized spacial score (nSPS) is 10.8. The lowest BCUT2D eigenvalue weighted by Gasteiger charge is -2.04. The summed E-state index contributed by atoms with van der Waals surface area (Å²) in [6.45, 7) is 1.50. The van der Waals surface area contributed by atoms with E-state index in [4.69, 9.17) is 5.73 Å². The van der Waals surface area contributed by atoms with E-state index >= 15 is 0 Å². The number of anilines is 1. The van der Waals surface area contributed by atoms with Crippen LogP contribution in [0.5, 0.6) is 0 Å². The van der Waals surface area contributed by atoms with Gasteiger partial charge in [-0.2, -0.15) is 0 Å². The molecule has 0 radical (unpaired) electrons. The molecule has 2 rings (SSSR count). The number of benzene rings is 1. The molecular formula is C10H8F2N2. The summed E-state index contributed by atoms with van der Waals surface area (Å²) in [5.74, 6) is -1.000. The molecule has 72 valence electrons. The van der Waals surface area contributed by atoms with Crippen molar-refractivity contribution in [1.29, 1.82) is 0 Å². The summed E-state index contributed by atoms with van der Waals surface area (Å²) in [5.41, 5.74) is 6.03. The number of hydrogen-bond donors (Lipinski definition) is 1. The maximum absolute atomic E-state index is 13.5. The molecule has 4 heteroatoms. The molecule has 1 aromatic carbocycles. The second-order valence-corrected chi connectivity index (χ2v) is 3.15. The summed E-state index contributed by atoms with van der Waals surface area (Å²) < 4.78 is 26.8. The topological polar surface area (TPSA) is 38.9 Å². The zero-order chi connectivity index (χ0) is 10.3. The van der Waals surface area contributed by atoms with Crippen LogP contribution < -0.4 is 5.73 Å². The summed E-state index contributed by atoms with van der Waals surface area (Å²) in [7, 11) is 0. The first-order valence-corrected chi connectivity index (χ1v) is 4.09. The summed E-state index contributed by atoms with van der Waals surface area (Å²) in [5, 5.41) is 0.127. The summed E-state index contributed by atoms with van der Waals surface area (Å²) >= 11 is 0. The second kappa shape index (κ2) is 2.90. The van der Waals surface area contributed by atoms with Gasteiger partial charge in [0.15, 0.2) is 0 Å². The molecule has 0 aliphatic carbocycles. The highest BCUT2D eigenvalue weighted by Crippen LogP contribution is 2.23. The molecule has 2 N–H and O–H groups in total. The monoisotopic (exact) mass is 194 g/mol. The summed E-state index contributed by atoms with van der Waals surface area (Å²) in [6, 6.07) is 2.51. The van der Waals surface area contributed by atoms with Crippen molar-refractivity contribution in [3.05, 3.63) is 35.5 Å². The van der Waals surface area contributed by atoms with Gasteiger partial charge in [0.25, 0.3) is 0 Å². The van der Waals surface area contributed by atoms with Crippen LogP contribution in [0.4, 0.5) is 14.5 Å². The van der Waals surface area contributed by atoms with Gasteiger partial charge in [0.1, 0.15) is 17.2 Å². The van der Waals surface area contributed by atoms with Crippen LogP contribution in [0.2, 0.25) is 0 Å². The molecule has 0 fully saturated rings. The van der Waals surface area contributed by atoms with Gasteiger partial charge in [-0.25, -0.2) is 8.78 Å². The number of fused-ring (bicyclic) bond motifs is 1. The number of hydrogen-bond acceptors (Lipinski definition) is 2. The molecule has 1 heterocycles. The molecule has 0 atom stereocenters. The number of nitrogens with two attached hydrogens (primary N) is 1. The largest absolute Gasteiger partial charge is 0.397 e. The average Bonchev–Trinajstić information content (AvgIpc) is 2.14. The van der Waals surface area contributed by atoms with Gasteiger partial charge in [-0.3, -0.25) is 4.98 Å². The first kappa shape index (κ1) is 8.87. The van der Waals surface area contributed by atoms with Crippen LogP contribution in [0, 0.1) is 18.6 Å². The lowest BCUT2D eigenvalue weighted by Crippen LogP contribution is -1.94. The Hall–Kier alpha value is -1.71. The number of aromatic nitrogens is 1. The van der Waals surface area contributed by atoms with E-state index in [2.05, 4.69) is 4.98 Å². The minimum Gasteiger partial charge on any atom is -0.397 e. The van der Waals surface area contributed by atoms with Crippen molar-refractivity contribution < 1.29 is 8.78 Å². The van der Waals surface area contributed by atoms with Crippen molar-refractivity contribution in [2.45, 2.75) is 6.92 Å². The number of pyridine rings is 1. The second-order valence-electron chi connectivity index (χ2n) is 3.15. The molecule has 1 aromatic heterocycles. The maximum atomic E-state index is 13.5. The maximum Gasteiger partial charge on any atom is 0.149 e. The minimum absolute atomic E-state index is 0.0160. The highest BCUT2D eigenvalue weighted by molar-refractivity contribution is 5.83. The molecule has 2 nitrogen and oxygen atoms in total. The van der Waals surface area contributed by atoms with E-state index in [0.29, 0.717) is 5.69 Å². The minimum atomic E-state index is -0.529. The van der Waals surface area contributed by atoms with E-state index < -0.39 is 11.6 Å². The Morgan fingerprint density at radius 2 is 2.00 bits per heavy atom. The third-order valence-corrected chi connectivity index (χ3v) is 2.06. The van der Waals surface area contributed by atoms with Gasteiger partial charge < -0.3 is 5.73 Å². The van der Waals surface area contributed by atoms with Crippen LogP contribution in [0.3, 0.4) is 0 Å². The van der Waals surface area contributed by atoms with Crippen LogP contribution in [0.1, 0.15) is 5.56 Å². The van der Waals surface area contributed by atoms with Gasteiger partial charge in [-0.1, -0.05) is 0 Å². The van der Waals surface area contributed by atoms with E-state index in [-0.39, 0.29) is 16.5 Å². The highest BCUT2D eigenvalue weighted by atomic mass is 19.1. The molecular weight excluding hydrogens is 186 g/mol. The third-order valence-electron chi connectivity index (χ3n) is 2.06. The molecule has 0 bridgehead atoms. The van der Waals surface area contributed by atoms with Gasteiger partial charge in [0.2, 0.25) is 0 Å². The van der Waals surface area contributed by atoms with Crippen LogP contribution in [0.15, 0.2) is 18.3 Å². The Bertz CT molecular complexity index is 509. The standard InChI is InChI=1S/C10H8F2N2/c1-5-2-8(11)10-7(9(5)12)3-6(13)4-14-10/h2-4H,13H2,1H3. The van der Waals surface area contributed by atoms with Crippen LogP contribution in [0.25, 0.3) is 10.9 Å². The molecule has 14 heavy (non-hydrogen) atoms. The van der Waals surface area contributed by atoms with Crippen molar-refractivity contribution in [2.75, 3.05) is 5.73 Å². The smallest absolute Gasteiger partial charge is 0.149 e. The Labute approximate surface area is 79.4 Å². The fraction of sp³-hybridized carbons (Fsp3) is 0.100. The number of nitrogen functional groups attached to an aromatic ring is 1. The van der Waals surface area contributed by atoms with Crippen LogP contribution >= 0.6 is 0 Å². The van der Waals surface area contributed by atoms with E-state index in [1.807, 2.05) is 0 Å². The summed E-state index contributed by atoms with van der Waals surface area (Å²) in [4.78, 5) is 3.74.